The zero-order valence-electron chi connectivity index (χ0n) is 21.2. The Labute approximate surface area is 216 Å². The zero-order chi connectivity index (χ0) is 24.8. The lowest BCUT2D eigenvalue weighted by atomic mass is 10.0. The van der Waals surface area contributed by atoms with Crippen LogP contribution in [0.1, 0.15) is 18.4 Å². The number of nitrogens with zero attached hydrogens (tertiary/aromatic N) is 6. The number of anilines is 1. The third-order valence-electron chi connectivity index (χ3n) is 7.88. The van der Waals surface area contributed by atoms with E-state index in [9.17, 15) is 0 Å². The summed E-state index contributed by atoms with van der Waals surface area (Å²) in [5.41, 5.74) is 7.61. The Balaban J connectivity index is 1.24. The third-order valence-corrected chi connectivity index (χ3v) is 7.88. The molecule has 0 aliphatic carbocycles. The summed E-state index contributed by atoms with van der Waals surface area (Å²) in [5.74, 6) is 1.05. The van der Waals surface area contributed by atoms with E-state index in [4.69, 9.17) is 10.1 Å². The summed E-state index contributed by atoms with van der Waals surface area (Å²) in [4.78, 5) is 20.2. The predicted molar refractivity (Wildman–Crippen MR) is 149 cm³/mol. The van der Waals surface area contributed by atoms with E-state index in [-0.39, 0.29) is 0 Å². The second-order valence-electron chi connectivity index (χ2n) is 10.5. The van der Waals surface area contributed by atoms with Crippen LogP contribution in [-0.2, 0) is 6.54 Å². The van der Waals surface area contributed by atoms with E-state index < -0.39 is 0 Å². The Morgan fingerprint density at radius 2 is 1.70 bits per heavy atom. The summed E-state index contributed by atoms with van der Waals surface area (Å²) >= 11 is 0. The van der Waals surface area contributed by atoms with E-state index in [1.54, 1.807) is 0 Å². The van der Waals surface area contributed by atoms with Crippen molar-refractivity contribution in [1.82, 2.24) is 34.9 Å². The van der Waals surface area contributed by atoms with Crippen molar-refractivity contribution in [3.63, 3.8) is 0 Å². The quantitative estimate of drug-likeness (QED) is 0.376. The number of benzene rings is 1. The Morgan fingerprint density at radius 1 is 0.838 bits per heavy atom. The first-order chi connectivity index (χ1) is 18.2. The van der Waals surface area contributed by atoms with Gasteiger partial charge in [-0.3, -0.25) is 15.0 Å². The molecule has 0 spiro atoms. The average molecular weight is 493 g/mol. The maximum absolute atomic E-state index is 4.76. The van der Waals surface area contributed by atoms with E-state index in [2.05, 4.69) is 73.2 Å². The lowest BCUT2D eigenvalue weighted by molar-refractivity contribution is 0.312. The van der Waals surface area contributed by atoms with Gasteiger partial charge in [-0.05, 0) is 74.4 Å². The summed E-state index contributed by atoms with van der Waals surface area (Å²) in [6.07, 6.45) is 8.46. The van der Waals surface area contributed by atoms with Crippen molar-refractivity contribution in [2.75, 3.05) is 51.2 Å². The number of aromatic nitrogens is 5. The molecule has 6 heterocycles. The number of H-pyrrole nitrogens is 2. The first-order valence-corrected chi connectivity index (χ1v) is 13.3. The van der Waals surface area contributed by atoms with Crippen molar-refractivity contribution in [2.24, 2.45) is 0 Å². The number of likely N-dealkylation sites (N-methyl/N-ethyl adjacent to an activating group) is 1. The van der Waals surface area contributed by atoms with E-state index >= 15 is 0 Å². The summed E-state index contributed by atoms with van der Waals surface area (Å²) < 4.78 is 0. The van der Waals surface area contributed by atoms with Gasteiger partial charge in [0.05, 0.1) is 16.7 Å². The molecule has 0 unspecified atom stereocenters. The van der Waals surface area contributed by atoms with Crippen LogP contribution >= 0.6 is 0 Å². The minimum atomic E-state index is 0.929. The fourth-order valence-electron chi connectivity index (χ4n) is 5.77. The monoisotopic (exact) mass is 492 g/mol. The first kappa shape index (κ1) is 22.4. The van der Waals surface area contributed by atoms with Crippen LogP contribution in [0.5, 0.6) is 0 Å². The van der Waals surface area contributed by atoms with Gasteiger partial charge in [-0.1, -0.05) is 6.07 Å². The Bertz CT molecular complexity index is 1550. The molecule has 0 amide bonds. The summed E-state index contributed by atoms with van der Waals surface area (Å²) in [6, 6.07) is 13.0. The average Bonchev–Trinajstić information content (AvgIpc) is 3.68. The van der Waals surface area contributed by atoms with Gasteiger partial charge in [0.2, 0.25) is 0 Å². The number of likely N-dealkylation sites (tertiary alicyclic amines) is 1. The highest BCUT2D eigenvalue weighted by Crippen LogP contribution is 2.34. The molecular formula is C29H32N8. The lowest BCUT2D eigenvalue weighted by Gasteiger charge is -2.33. The molecule has 2 saturated heterocycles. The summed E-state index contributed by atoms with van der Waals surface area (Å²) in [6.45, 7) is 7.42. The number of aromatic amines is 2. The van der Waals surface area contributed by atoms with Crippen molar-refractivity contribution >= 4 is 27.6 Å². The largest absolute Gasteiger partial charge is 0.353 e. The molecule has 2 N–H and O–H groups in total. The van der Waals surface area contributed by atoms with Gasteiger partial charge < -0.3 is 14.8 Å². The topological polar surface area (TPSA) is 80.0 Å². The lowest BCUT2D eigenvalue weighted by Crippen LogP contribution is -2.44. The zero-order valence-corrected chi connectivity index (χ0v) is 21.2. The molecule has 2 aliphatic heterocycles. The number of rotatable bonds is 5. The molecule has 2 fully saturated rings. The van der Waals surface area contributed by atoms with Crippen molar-refractivity contribution in [3.05, 3.63) is 60.6 Å². The first-order valence-electron chi connectivity index (χ1n) is 13.3. The van der Waals surface area contributed by atoms with E-state index in [1.807, 2.05) is 18.6 Å². The predicted octanol–water partition coefficient (Wildman–Crippen LogP) is 4.52. The molecular weight excluding hydrogens is 460 g/mol. The second kappa shape index (κ2) is 9.28. The van der Waals surface area contributed by atoms with Crippen LogP contribution in [0.3, 0.4) is 0 Å². The number of hydrogen-bond acceptors (Lipinski definition) is 6. The Kier molecular flexibility index (Phi) is 5.63. The van der Waals surface area contributed by atoms with Gasteiger partial charge in [-0.25, -0.2) is 4.98 Å². The van der Waals surface area contributed by atoms with Gasteiger partial charge in [0.1, 0.15) is 11.5 Å². The van der Waals surface area contributed by atoms with Gasteiger partial charge in [0.15, 0.2) is 0 Å². The third kappa shape index (κ3) is 4.26. The minimum absolute atomic E-state index is 0.929. The van der Waals surface area contributed by atoms with Crippen molar-refractivity contribution in [1.29, 1.82) is 0 Å². The molecule has 4 aromatic heterocycles. The number of piperazine rings is 1. The minimum Gasteiger partial charge on any atom is -0.353 e. The van der Waals surface area contributed by atoms with Crippen LogP contribution in [0.2, 0.25) is 0 Å². The number of nitrogens with one attached hydrogen (secondary N) is 2. The SMILES string of the molecule is CN1CCN(c2nccc3[nH]c(-c4n[nH]c5ccc(-c6cncc(CN7CCCC7)c6)cc45)cc23)CC1. The van der Waals surface area contributed by atoms with Gasteiger partial charge in [-0.2, -0.15) is 5.10 Å². The molecule has 7 rings (SSSR count). The van der Waals surface area contributed by atoms with E-state index in [0.717, 1.165) is 82.9 Å². The molecule has 37 heavy (non-hydrogen) atoms. The maximum Gasteiger partial charge on any atom is 0.138 e. The molecule has 1 aromatic carbocycles. The van der Waals surface area contributed by atoms with Crippen molar-refractivity contribution < 1.29 is 0 Å². The molecule has 8 heteroatoms. The molecule has 5 aromatic rings. The molecule has 2 aliphatic rings. The van der Waals surface area contributed by atoms with Crippen molar-refractivity contribution in [3.8, 4) is 22.5 Å². The highest BCUT2D eigenvalue weighted by Gasteiger charge is 2.20. The van der Waals surface area contributed by atoms with Crippen molar-refractivity contribution in [2.45, 2.75) is 19.4 Å². The van der Waals surface area contributed by atoms with Gasteiger partial charge in [-0.15, -0.1) is 0 Å². The maximum atomic E-state index is 4.76. The van der Waals surface area contributed by atoms with Crippen LogP contribution in [0.15, 0.2) is 55.0 Å². The highest BCUT2D eigenvalue weighted by atomic mass is 15.3. The second-order valence-corrected chi connectivity index (χ2v) is 10.5. The number of pyridine rings is 2. The number of hydrogen-bond donors (Lipinski definition) is 2. The molecule has 0 atom stereocenters. The van der Waals surface area contributed by atoms with Crippen LogP contribution in [-0.4, -0.2) is 81.3 Å². The van der Waals surface area contributed by atoms with E-state index in [1.165, 1.54) is 31.5 Å². The van der Waals surface area contributed by atoms with Crippen LogP contribution < -0.4 is 4.90 Å². The molecule has 0 radical (unpaired) electrons. The van der Waals surface area contributed by atoms with Gasteiger partial charge in [0.25, 0.3) is 0 Å². The smallest absolute Gasteiger partial charge is 0.138 e. The van der Waals surface area contributed by atoms with E-state index in [0.29, 0.717) is 0 Å². The summed E-state index contributed by atoms with van der Waals surface area (Å²) in [7, 11) is 2.18. The van der Waals surface area contributed by atoms with Crippen LogP contribution in [0.4, 0.5) is 5.82 Å². The number of fused-ring (bicyclic) bond motifs is 2. The standard InChI is InChI=1S/C29H32N8/c1-35-10-12-37(13-11-35)29-24-16-27(32-25(24)6-7-31-29)28-23-15-21(4-5-26(23)33-34-28)22-14-20(17-30-18-22)19-36-8-2-3-9-36/h4-7,14-18,32H,2-3,8-13,19H2,1H3,(H,33,34). The Morgan fingerprint density at radius 3 is 2.57 bits per heavy atom. The molecule has 8 nitrogen and oxygen atoms in total. The Hall–Kier alpha value is -3.75. The molecule has 188 valence electrons. The van der Waals surface area contributed by atoms with Gasteiger partial charge in [0, 0.05) is 67.7 Å². The van der Waals surface area contributed by atoms with Gasteiger partial charge >= 0.3 is 0 Å². The summed E-state index contributed by atoms with van der Waals surface area (Å²) in [5, 5.41) is 10.2. The molecule has 0 saturated carbocycles. The fourth-order valence-corrected chi connectivity index (χ4v) is 5.77. The highest BCUT2D eigenvalue weighted by molar-refractivity contribution is 6.00. The molecule has 0 bridgehead atoms. The van der Waals surface area contributed by atoms with Crippen LogP contribution in [0.25, 0.3) is 44.3 Å². The normalized spacial score (nSPS) is 17.4. The fraction of sp³-hybridized carbons (Fsp3) is 0.345. The van der Waals surface area contributed by atoms with Crippen LogP contribution in [0, 0.1) is 0 Å².